The molecule has 0 saturated carbocycles. The van der Waals surface area contributed by atoms with Crippen LogP contribution in [-0.2, 0) is 4.74 Å². The topological polar surface area (TPSA) is 64.3 Å². The number of anilines is 1. The highest BCUT2D eigenvalue weighted by molar-refractivity contribution is 5.93. The molecule has 0 heterocycles. The van der Waals surface area contributed by atoms with Gasteiger partial charge in [0.2, 0.25) is 5.91 Å². The lowest BCUT2D eigenvalue weighted by Crippen LogP contribution is -2.17. The lowest BCUT2D eigenvalue weighted by molar-refractivity contribution is 0.1000. The summed E-state index contributed by atoms with van der Waals surface area (Å²) in [7, 11) is 1.70. The van der Waals surface area contributed by atoms with Crippen molar-refractivity contribution in [3.05, 3.63) is 29.3 Å². The largest absolute Gasteiger partial charge is 0.384 e. The summed E-state index contributed by atoms with van der Waals surface area (Å²) < 4.78 is 5.07. The smallest absolute Gasteiger partial charge is 0.248 e. The van der Waals surface area contributed by atoms with Crippen LogP contribution in [-0.4, -0.2) is 26.2 Å². The molecule has 0 aromatic heterocycles. The van der Waals surface area contributed by atoms with Crippen molar-refractivity contribution in [2.24, 2.45) is 11.7 Å². The van der Waals surface area contributed by atoms with Crippen LogP contribution in [0.2, 0.25) is 0 Å². The Kier molecular flexibility index (Phi) is 4.97. The number of primary amides is 1. The van der Waals surface area contributed by atoms with Crippen molar-refractivity contribution in [1.29, 1.82) is 0 Å². The van der Waals surface area contributed by atoms with Crippen molar-refractivity contribution in [3.8, 4) is 0 Å². The fourth-order valence-electron chi connectivity index (χ4n) is 1.64. The predicted molar refractivity (Wildman–Crippen MR) is 69.2 cm³/mol. The Hall–Kier alpha value is -1.55. The van der Waals surface area contributed by atoms with Crippen LogP contribution < -0.4 is 11.1 Å². The van der Waals surface area contributed by atoms with Gasteiger partial charge in [-0.25, -0.2) is 0 Å². The molecule has 1 unspecified atom stereocenters. The number of aryl methyl sites for hydroxylation is 1. The molecule has 4 heteroatoms. The maximum absolute atomic E-state index is 11.0. The number of nitrogens with one attached hydrogen (secondary N) is 1. The van der Waals surface area contributed by atoms with E-state index in [0.717, 1.165) is 24.4 Å². The van der Waals surface area contributed by atoms with Crippen LogP contribution in [0, 0.1) is 12.8 Å². The Bertz CT molecular complexity index is 391. The Labute approximate surface area is 102 Å². The van der Waals surface area contributed by atoms with E-state index in [1.165, 1.54) is 0 Å². The molecule has 1 amide bonds. The maximum atomic E-state index is 11.0. The highest BCUT2D eigenvalue weighted by Crippen LogP contribution is 2.16. The first-order valence-corrected chi connectivity index (χ1v) is 5.68. The molecule has 0 aliphatic rings. The summed E-state index contributed by atoms with van der Waals surface area (Å²) in [5.74, 6) is 0.0441. The third kappa shape index (κ3) is 4.07. The highest BCUT2D eigenvalue weighted by Gasteiger charge is 2.05. The van der Waals surface area contributed by atoms with E-state index in [4.69, 9.17) is 10.5 Å². The third-order valence-electron chi connectivity index (χ3n) is 2.60. The molecule has 0 bridgehead atoms. The van der Waals surface area contributed by atoms with Crippen molar-refractivity contribution >= 4 is 11.6 Å². The normalized spacial score (nSPS) is 12.2. The highest BCUT2D eigenvalue weighted by atomic mass is 16.5. The lowest BCUT2D eigenvalue weighted by Gasteiger charge is -2.14. The number of ether oxygens (including phenoxy) is 1. The van der Waals surface area contributed by atoms with Gasteiger partial charge in [0.15, 0.2) is 0 Å². The minimum atomic E-state index is -0.396. The standard InChI is InChI=1S/C13H20N2O2/c1-9(8-17-3)7-15-12-5-4-11(13(14)16)6-10(12)2/h4-6,9,15H,7-8H2,1-3H3,(H2,14,16). The lowest BCUT2D eigenvalue weighted by atomic mass is 10.1. The van der Waals surface area contributed by atoms with Gasteiger partial charge in [0.05, 0.1) is 6.61 Å². The SMILES string of the molecule is COCC(C)CNc1ccc(C(N)=O)cc1C. The van der Waals surface area contributed by atoms with Crippen LogP contribution in [0.1, 0.15) is 22.8 Å². The molecule has 17 heavy (non-hydrogen) atoms. The Balaban J connectivity index is 2.63. The van der Waals surface area contributed by atoms with E-state index in [2.05, 4.69) is 12.2 Å². The summed E-state index contributed by atoms with van der Waals surface area (Å²) in [6.07, 6.45) is 0. The molecule has 0 radical (unpaired) electrons. The minimum absolute atomic E-state index is 0.396. The summed E-state index contributed by atoms with van der Waals surface area (Å²) >= 11 is 0. The van der Waals surface area contributed by atoms with E-state index in [1.807, 2.05) is 13.0 Å². The predicted octanol–water partition coefficient (Wildman–Crippen LogP) is 1.79. The van der Waals surface area contributed by atoms with E-state index < -0.39 is 5.91 Å². The number of nitrogens with two attached hydrogens (primary N) is 1. The van der Waals surface area contributed by atoms with Gasteiger partial charge in [-0.15, -0.1) is 0 Å². The first-order valence-electron chi connectivity index (χ1n) is 5.68. The molecule has 4 nitrogen and oxygen atoms in total. The van der Waals surface area contributed by atoms with E-state index in [9.17, 15) is 4.79 Å². The number of benzene rings is 1. The number of hydrogen-bond donors (Lipinski definition) is 2. The van der Waals surface area contributed by atoms with Crippen LogP contribution in [0.3, 0.4) is 0 Å². The fourth-order valence-corrected chi connectivity index (χ4v) is 1.64. The summed E-state index contributed by atoms with van der Waals surface area (Å²) in [4.78, 5) is 11.0. The molecule has 0 aliphatic carbocycles. The molecule has 1 aromatic carbocycles. The Morgan fingerprint density at radius 3 is 2.76 bits per heavy atom. The van der Waals surface area contributed by atoms with E-state index in [0.29, 0.717) is 11.5 Å². The van der Waals surface area contributed by atoms with E-state index >= 15 is 0 Å². The van der Waals surface area contributed by atoms with Gasteiger partial charge >= 0.3 is 0 Å². The number of methoxy groups -OCH3 is 1. The van der Waals surface area contributed by atoms with Gasteiger partial charge in [0.25, 0.3) is 0 Å². The van der Waals surface area contributed by atoms with E-state index in [-0.39, 0.29) is 0 Å². The molecular weight excluding hydrogens is 216 g/mol. The molecule has 1 aromatic rings. The average molecular weight is 236 g/mol. The summed E-state index contributed by atoms with van der Waals surface area (Å²) in [6.45, 7) is 5.63. The molecule has 3 N–H and O–H groups in total. The van der Waals surface area contributed by atoms with Crippen LogP contribution >= 0.6 is 0 Å². The number of rotatable bonds is 6. The van der Waals surface area contributed by atoms with Gasteiger partial charge < -0.3 is 15.8 Å². The molecule has 0 fully saturated rings. The van der Waals surface area contributed by atoms with Crippen LogP contribution in [0.25, 0.3) is 0 Å². The molecule has 94 valence electrons. The van der Waals surface area contributed by atoms with Gasteiger partial charge in [-0.05, 0) is 36.6 Å². The van der Waals surface area contributed by atoms with Crippen molar-refractivity contribution in [1.82, 2.24) is 0 Å². The van der Waals surface area contributed by atoms with Crippen LogP contribution in [0.15, 0.2) is 18.2 Å². The molecule has 1 atom stereocenters. The second-order valence-electron chi connectivity index (χ2n) is 4.34. The van der Waals surface area contributed by atoms with E-state index in [1.54, 1.807) is 19.2 Å². The molecule has 1 rings (SSSR count). The van der Waals surface area contributed by atoms with Crippen LogP contribution in [0.4, 0.5) is 5.69 Å². The maximum Gasteiger partial charge on any atom is 0.248 e. The molecule has 0 saturated heterocycles. The molecular formula is C13H20N2O2. The summed E-state index contributed by atoms with van der Waals surface area (Å²) in [5.41, 5.74) is 7.80. The second kappa shape index (κ2) is 6.25. The number of amides is 1. The van der Waals surface area contributed by atoms with Gasteiger partial charge in [-0.1, -0.05) is 6.92 Å². The fraction of sp³-hybridized carbons (Fsp3) is 0.462. The number of hydrogen-bond acceptors (Lipinski definition) is 3. The summed E-state index contributed by atoms with van der Waals surface area (Å²) in [5, 5.41) is 3.33. The Morgan fingerprint density at radius 2 is 2.24 bits per heavy atom. The van der Waals surface area contributed by atoms with Gasteiger partial charge in [-0.3, -0.25) is 4.79 Å². The third-order valence-corrected chi connectivity index (χ3v) is 2.60. The van der Waals surface area contributed by atoms with Gasteiger partial charge in [0.1, 0.15) is 0 Å². The average Bonchev–Trinajstić information content (AvgIpc) is 2.27. The zero-order valence-electron chi connectivity index (χ0n) is 10.6. The quantitative estimate of drug-likeness (QED) is 0.791. The zero-order chi connectivity index (χ0) is 12.8. The van der Waals surface area contributed by atoms with Crippen LogP contribution in [0.5, 0.6) is 0 Å². The van der Waals surface area contributed by atoms with Gasteiger partial charge in [-0.2, -0.15) is 0 Å². The first kappa shape index (κ1) is 13.5. The summed E-state index contributed by atoms with van der Waals surface area (Å²) in [6, 6.07) is 5.42. The molecule has 0 aliphatic heterocycles. The number of carbonyl (C=O) groups is 1. The second-order valence-corrected chi connectivity index (χ2v) is 4.34. The van der Waals surface area contributed by atoms with Crippen molar-refractivity contribution in [2.45, 2.75) is 13.8 Å². The molecule has 0 spiro atoms. The van der Waals surface area contributed by atoms with Crippen molar-refractivity contribution in [2.75, 3.05) is 25.6 Å². The monoisotopic (exact) mass is 236 g/mol. The van der Waals surface area contributed by atoms with Gasteiger partial charge in [0, 0.05) is 24.9 Å². The first-order chi connectivity index (χ1) is 8.04. The Morgan fingerprint density at radius 1 is 1.53 bits per heavy atom. The van der Waals surface area contributed by atoms with Crippen molar-refractivity contribution in [3.63, 3.8) is 0 Å². The van der Waals surface area contributed by atoms with Crippen molar-refractivity contribution < 1.29 is 9.53 Å². The minimum Gasteiger partial charge on any atom is -0.384 e. The number of carbonyl (C=O) groups excluding carboxylic acids is 1. The zero-order valence-corrected chi connectivity index (χ0v) is 10.6.